The van der Waals surface area contributed by atoms with Crippen LogP contribution in [-0.4, -0.2) is 17.5 Å². The highest BCUT2D eigenvalue weighted by molar-refractivity contribution is 5.82. The van der Waals surface area contributed by atoms with E-state index in [0.29, 0.717) is 5.39 Å². The summed E-state index contributed by atoms with van der Waals surface area (Å²) < 4.78 is 1.84. The van der Waals surface area contributed by atoms with E-state index in [4.69, 9.17) is 0 Å². The Balaban J connectivity index is 2.71. The van der Waals surface area contributed by atoms with Crippen molar-refractivity contribution in [3.05, 3.63) is 46.2 Å². The predicted octanol–water partition coefficient (Wildman–Crippen LogP) is 1.87. The highest BCUT2D eigenvalue weighted by Crippen LogP contribution is 2.16. The van der Waals surface area contributed by atoms with Crippen LogP contribution in [0.4, 0.5) is 0 Å². The normalized spacial score (nSPS) is 10.9. The number of carbonyl (C=O) groups is 1. The molecule has 0 saturated heterocycles. The maximum Gasteiger partial charge on any atom is 0.239 e. The van der Waals surface area contributed by atoms with E-state index in [1.807, 2.05) is 42.7 Å². The van der Waals surface area contributed by atoms with Crippen LogP contribution in [0.25, 0.3) is 10.9 Å². The molecule has 4 nitrogen and oxygen atoms in total. The van der Waals surface area contributed by atoms with Crippen molar-refractivity contribution < 1.29 is 4.79 Å². The first-order chi connectivity index (χ1) is 9.04. The van der Waals surface area contributed by atoms with Gasteiger partial charge in [0.1, 0.15) is 6.54 Å². The van der Waals surface area contributed by atoms with Crippen LogP contribution in [0, 0.1) is 0 Å². The number of hydrogen-bond donors (Lipinski definition) is 1. The minimum absolute atomic E-state index is 0.0544. The molecule has 2 rings (SSSR count). The number of pyridine rings is 1. The first-order valence-electron chi connectivity index (χ1n) is 6.37. The summed E-state index contributed by atoms with van der Waals surface area (Å²) in [6.45, 7) is 4.18. The van der Waals surface area contributed by atoms with Crippen molar-refractivity contribution in [1.29, 1.82) is 0 Å². The van der Waals surface area contributed by atoms with E-state index in [1.165, 1.54) is 0 Å². The lowest BCUT2D eigenvalue weighted by molar-refractivity contribution is -0.121. The maximum atomic E-state index is 12.4. The monoisotopic (exact) mass is 258 g/mol. The molecule has 0 saturated carbocycles. The summed E-state index contributed by atoms with van der Waals surface area (Å²) in [7, 11) is 1.61. The van der Waals surface area contributed by atoms with Gasteiger partial charge in [-0.15, -0.1) is 0 Å². The summed E-state index contributed by atoms with van der Waals surface area (Å²) in [5, 5.41) is 3.27. The Bertz CT molecular complexity index is 671. The lowest BCUT2D eigenvalue weighted by Gasteiger charge is -2.14. The number of benzene rings is 1. The van der Waals surface area contributed by atoms with Crippen LogP contribution in [0.15, 0.2) is 35.3 Å². The summed E-state index contributed by atoms with van der Waals surface area (Å²) >= 11 is 0. The molecule has 1 aromatic heterocycles. The van der Waals surface area contributed by atoms with Crippen LogP contribution >= 0.6 is 0 Å². The van der Waals surface area contributed by atoms with Crippen LogP contribution in [0.5, 0.6) is 0 Å². The number of fused-ring (bicyclic) bond motifs is 1. The van der Waals surface area contributed by atoms with Gasteiger partial charge in [0.05, 0.1) is 5.52 Å². The number of carbonyl (C=O) groups excluding carboxylic acids is 1. The summed E-state index contributed by atoms with van der Waals surface area (Å²) in [4.78, 5) is 23.9. The van der Waals surface area contributed by atoms with E-state index >= 15 is 0 Å². The number of amides is 1. The van der Waals surface area contributed by atoms with Crippen molar-refractivity contribution in [2.75, 3.05) is 7.05 Å². The van der Waals surface area contributed by atoms with Gasteiger partial charge in [0.2, 0.25) is 5.91 Å². The predicted molar refractivity (Wildman–Crippen MR) is 76.4 cm³/mol. The molecule has 1 aromatic carbocycles. The van der Waals surface area contributed by atoms with Crippen LogP contribution in [-0.2, 0) is 11.3 Å². The van der Waals surface area contributed by atoms with Gasteiger partial charge >= 0.3 is 0 Å². The molecule has 1 N–H and O–H groups in total. The molecule has 0 atom stereocenters. The van der Waals surface area contributed by atoms with Gasteiger partial charge in [0.15, 0.2) is 5.43 Å². The Morgan fingerprint density at radius 2 is 2.00 bits per heavy atom. The zero-order valence-electron chi connectivity index (χ0n) is 11.4. The van der Waals surface area contributed by atoms with Crippen LogP contribution < -0.4 is 10.7 Å². The molecule has 100 valence electrons. The smallest absolute Gasteiger partial charge is 0.239 e. The van der Waals surface area contributed by atoms with Gasteiger partial charge in [-0.3, -0.25) is 9.59 Å². The average molecular weight is 258 g/mol. The van der Waals surface area contributed by atoms with Gasteiger partial charge in [0.25, 0.3) is 0 Å². The Labute approximate surface area is 112 Å². The fourth-order valence-electron chi connectivity index (χ4n) is 2.14. The molecule has 0 unspecified atom stereocenters. The highest BCUT2D eigenvalue weighted by atomic mass is 16.1. The molecule has 0 radical (unpaired) electrons. The van der Waals surface area contributed by atoms with Crippen LogP contribution in [0.3, 0.4) is 0 Å². The van der Waals surface area contributed by atoms with Crippen LogP contribution in [0.2, 0.25) is 0 Å². The van der Waals surface area contributed by atoms with Crippen molar-refractivity contribution in [2.45, 2.75) is 26.3 Å². The maximum absolute atomic E-state index is 12.4. The zero-order valence-corrected chi connectivity index (χ0v) is 11.4. The molecule has 0 aliphatic carbocycles. The standard InChI is InChI=1S/C15H18N2O2/c1-10(2)12-8-17(9-14(18)16-3)13-7-5-4-6-11(13)15(12)19/h4-8,10H,9H2,1-3H3,(H,16,18). The second kappa shape index (κ2) is 5.26. The summed E-state index contributed by atoms with van der Waals surface area (Å²) in [5.74, 6) is 0.0524. The molecule has 0 spiro atoms. The topological polar surface area (TPSA) is 51.1 Å². The fraction of sp³-hybridized carbons (Fsp3) is 0.333. The van der Waals surface area contributed by atoms with E-state index in [-0.39, 0.29) is 23.8 Å². The largest absolute Gasteiger partial charge is 0.358 e. The lowest BCUT2D eigenvalue weighted by Crippen LogP contribution is -2.25. The van der Waals surface area contributed by atoms with Gasteiger partial charge in [-0.25, -0.2) is 0 Å². The third kappa shape index (κ3) is 2.52. The van der Waals surface area contributed by atoms with Crippen molar-refractivity contribution >= 4 is 16.8 Å². The Morgan fingerprint density at radius 1 is 1.32 bits per heavy atom. The minimum atomic E-state index is -0.0801. The molecular formula is C15H18N2O2. The van der Waals surface area contributed by atoms with E-state index in [0.717, 1.165) is 11.1 Å². The van der Waals surface area contributed by atoms with Gasteiger partial charge in [-0.1, -0.05) is 26.0 Å². The third-order valence-electron chi connectivity index (χ3n) is 3.23. The molecule has 4 heteroatoms. The molecule has 1 heterocycles. The molecule has 0 aliphatic heterocycles. The van der Waals surface area contributed by atoms with Gasteiger partial charge in [0, 0.05) is 24.2 Å². The SMILES string of the molecule is CNC(=O)Cn1cc(C(C)C)c(=O)c2ccccc21. The average Bonchev–Trinajstić information content (AvgIpc) is 2.41. The summed E-state index contributed by atoms with van der Waals surface area (Å²) in [6, 6.07) is 7.39. The van der Waals surface area contributed by atoms with Crippen molar-refractivity contribution in [2.24, 2.45) is 0 Å². The number of rotatable bonds is 3. The van der Waals surface area contributed by atoms with Crippen LogP contribution in [0.1, 0.15) is 25.3 Å². The molecular weight excluding hydrogens is 240 g/mol. The summed E-state index contributed by atoms with van der Waals surface area (Å²) in [5.41, 5.74) is 1.59. The lowest BCUT2D eigenvalue weighted by atomic mass is 10.0. The van der Waals surface area contributed by atoms with Gasteiger partial charge < -0.3 is 9.88 Å². The highest BCUT2D eigenvalue weighted by Gasteiger charge is 2.12. The second-order valence-electron chi connectivity index (χ2n) is 4.89. The zero-order chi connectivity index (χ0) is 14.0. The first kappa shape index (κ1) is 13.3. The molecule has 19 heavy (non-hydrogen) atoms. The molecule has 0 bridgehead atoms. The number of hydrogen-bond acceptors (Lipinski definition) is 2. The number of nitrogens with one attached hydrogen (secondary N) is 1. The molecule has 0 fully saturated rings. The van der Waals surface area contributed by atoms with Gasteiger partial charge in [-0.2, -0.15) is 0 Å². The number of likely N-dealkylation sites (N-methyl/N-ethyl adjacent to an activating group) is 1. The van der Waals surface area contributed by atoms with E-state index in [1.54, 1.807) is 13.2 Å². The van der Waals surface area contributed by atoms with E-state index in [9.17, 15) is 9.59 Å². The molecule has 1 amide bonds. The number of aromatic nitrogens is 1. The quantitative estimate of drug-likeness (QED) is 0.913. The summed E-state index contributed by atoms with van der Waals surface area (Å²) in [6.07, 6.45) is 1.80. The van der Waals surface area contributed by atoms with E-state index in [2.05, 4.69) is 5.32 Å². The van der Waals surface area contributed by atoms with E-state index < -0.39 is 0 Å². The Hall–Kier alpha value is -2.10. The Morgan fingerprint density at radius 3 is 2.63 bits per heavy atom. The second-order valence-corrected chi connectivity index (χ2v) is 4.89. The van der Waals surface area contributed by atoms with Crippen molar-refractivity contribution in [3.8, 4) is 0 Å². The third-order valence-corrected chi connectivity index (χ3v) is 3.23. The van der Waals surface area contributed by atoms with Crippen molar-refractivity contribution in [1.82, 2.24) is 9.88 Å². The number of para-hydroxylation sites is 1. The number of nitrogens with zero attached hydrogens (tertiary/aromatic N) is 1. The first-order valence-corrected chi connectivity index (χ1v) is 6.37. The Kier molecular flexibility index (Phi) is 3.69. The minimum Gasteiger partial charge on any atom is -0.358 e. The van der Waals surface area contributed by atoms with Crippen molar-refractivity contribution in [3.63, 3.8) is 0 Å². The fourth-order valence-corrected chi connectivity index (χ4v) is 2.14. The molecule has 2 aromatic rings. The van der Waals surface area contributed by atoms with Gasteiger partial charge in [-0.05, 0) is 18.1 Å². The molecule has 0 aliphatic rings.